The molecule has 0 aliphatic heterocycles. The number of alkyl halides is 2. The maximum absolute atomic E-state index is 13.1. The molecule has 1 saturated carbocycles. The highest BCUT2D eigenvalue weighted by atomic mass is 19.3. The van der Waals surface area contributed by atoms with Crippen molar-refractivity contribution >= 4 is 0 Å². The van der Waals surface area contributed by atoms with Crippen LogP contribution in [0.3, 0.4) is 0 Å². The number of ether oxygens (including phenoxy) is 1. The Morgan fingerprint density at radius 2 is 2.29 bits per heavy atom. The molecule has 1 aliphatic carbocycles. The molecule has 2 atom stereocenters. The first kappa shape index (κ1) is 14.8. The average Bonchev–Trinajstić information content (AvgIpc) is 2.23. The molecule has 2 unspecified atom stereocenters. The first-order chi connectivity index (χ1) is 8.03. The van der Waals surface area contributed by atoms with E-state index in [0.717, 1.165) is 6.42 Å². The zero-order valence-electron chi connectivity index (χ0n) is 10.4. The molecule has 0 aromatic carbocycles. The molecule has 0 radical (unpaired) electrons. The van der Waals surface area contributed by atoms with Gasteiger partial charge in [0, 0.05) is 33.0 Å². The van der Waals surface area contributed by atoms with E-state index in [9.17, 15) is 13.9 Å². The lowest BCUT2D eigenvalue weighted by Gasteiger charge is -2.30. The van der Waals surface area contributed by atoms with Crippen molar-refractivity contribution < 1.29 is 18.6 Å². The fourth-order valence-electron chi connectivity index (χ4n) is 2.39. The Morgan fingerprint density at radius 3 is 2.94 bits per heavy atom. The van der Waals surface area contributed by atoms with E-state index in [1.807, 2.05) is 0 Å². The summed E-state index contributed by atoms with van der Waals surface area (Å²) in [6, 6.07) is 0. The van der Waals surface area contributed by atoms with Gasteiger partial charge in [0.1, 0.15) is 0 Å². The van der Waals surface area contributed by atoms with Crippen LogP contribution in [0.1, 0.15) is 32.1 Å². The minimum Gasteiger partial charge on any atom is -0.392 e. The third kappa shape index (κ3) is 6.29. The van der Waals surface area contributed by atoms with Gasteiger partial charge in [-0.2, -0.15) is 0 Å². The Kier molecular flexibility index (Phi) is 6.30. The second-order valence-corrected chi connectivity index (χ2v) is 4.90. The number of aliphatic hydroxyl groups excluding tert-OH is 1. The zero-order chi connectivity index (χ0) is 12.7. The molecule has 0 heterocycles. The predicted molar refractivity (Wildman–Crippen MR) is 62.3 cm³/mol. The van der Waals surface area contributed by atoms with Gasteiger partial charge in [-0.3, -0.25) is 0 Å². The number of hydrogen-bond donors (Lipinski definition) is 2. The highest BCUT2D eigenvalue weighted by Crippen LogP contribution is 2.38. The van der Waals surface area contributed by atoms with Gasteiger partial charge >= 0.3 is 0 Å². The number of aliphatic hydroxyl groups is 1. The number of halogens is 2. The van der Waals surface area contributed by atoms with Gasteiger partial charge in [0.15, 0.2) is 0 Å². The lowest BCUT2D eigenvalue weighted by molar-refractivity contribution is -0.0587. The summed E-state index contributed by atoms with van der Waals surface area (Å²) in [5.74, 6) is -2.57. The molecule has 0 bridgehead atoms. The third-order valence-corrected chi connectivity index (χ3v) is 3.21. The fraction of sp³-hybridized carbons (Fsp3) is 1.00. The molecule has 17 heavy (non-hydrogen) atoms. The van der Waals surface area contributed by atoms with Crippen molar-refractivity contribution in [1.82, 2.24) is 5.32 Å². The van der Waals surface area contributed by atoms with Crippen LogP contribution in [-0.2, 0) is 4.74 Å². The van der Waals surface area contributed by atoms with Crippen LogP contribution >= 0.6 is 0 Å². The number of rotatable bonds is 7. The number of hydrogen-bond acceptors (Lipinski definition) is 3. The highest BCUT2D eigenvalue weighted by Gasteiger charge is 2.36. The maximum Gasteiger partial charge on any atom is 0.248 e. The van der Waals surface area contributed by atoms with Gasteiger partial charge in [0.05, 0.1) is 12.7 Å². The Bertz CT molecular complexity index is 215. The van der Waals surface area contributed by atoms with Crippen molar-refractivity contribution in [3.8, 4) is 0 Å². The number of nitrogens with one attached hydrogen (secondary N) is 1. The summed E-state index contributed by atoms with van der Waals surface area (Å²) in [6.45, 7) is 1.72. The largest absolute Gasteiger partial charge is 0.392 e. The predicted octanol–water partition coefficient (Wildman–Crippen LogP) is 1.80. The van der Waals surface area contributed by atoms with Crippen molar-refractivity contribution in [2.75, 3.05) is 26.8 Å². The lowest BCUT2D eigenvalue weighted by Crippen LogP contribution is -2.33. The molecule has 102 valence electrons. The first-order valence-corrected chi connectivity index (χ1v) is 6.29. The van der Waals surface area contributed by atoms with Crippen molar-refractivity contribution in [3.05, 3.63) is 0 Å². The summed E-state index contributed by atoms with van der Waals surface area (Å²) >= 11 is 0. The first-order valence-electron chi connectivity index (χ1n) is 6.29. The summed E-state index contributed by atoms with van der Waals surface area (Å²) in [5.41, 5.74) is 0. The van der Waals surface area contributed by atoms with Crippen LogP contribution < -0.4 is 5.32 Å². The molecular formula is C12H23F2NO2. The van der Waals surface area contributed by atoms with Crippen LogP contribution in [0.15, 0.2) is 0 Å². The quantitative estimate of drug-likeness (QED) is 0.678. The van der Waals surface area contributed by atoms with Crippen molar-refractivity contribution in [3.63, 3.8) is 0 Å². The maximum atomic E-state index is 13.1. The normalized spacial score (nSPS) is 25.8. The van der Waals surface area contributed by atoms with Gasteiger partial charge in [0.25, 0.3) is 0 Å². The molecular weight excluding hydrogens is 228 g/mol. The second-order valence-electron chi connectivity index (χ2n) is 4.90. The standard InChI is InChI=1S/C12H23F2NO2/c1-17-6-5-15-9-11(16)7-10-3-2-4-12(13,14)8-10/h10-11,15-16H,2-9H2,1H3. The van der Waals surface area contributed by atoms with Gasteiger partial charge in [-0.05, 0) is 25.2 Å². The summed E-state index contributed by atoms with van der Waals surface area (Å²) in [7, 11) is 1.61. The van der Waals surface area contributed by atoms with Crippen LogP contribution in [0.4, 0.5) is 8.78 Å². The van der Waals surface area contributed by atoms with E-state index in [0.29, 0.717) is 32.5 Å². The zero-order valence-corrected chi connectivity index (χ0v) is 10.4. The van der Waals surface area contributed by atoms with Crippen molar-refractivity contribution in [1.29, 1.82) is 0 Å². The fourth-order valence-corrected chi connectivity index (χ4v) is 2.39. The van der Waals surface area contributed by atoms with Gasteiger partial charge in [0.2, 0.25) is 5.92 Å². The van der Waals surface area contributed by atoms with Crippen molar-refractivity contribution in [2.45, 2.75) is 44.1 Å². The second kappa shape index (κ2) is 7.24. The topological polar surface area (TPSA) is 41.5 Å². The average molecular weight is 251 g/mol. The highest BCUT2D eigenvalue weighted by molar-refractivity contribution is 4.80. The molecule has 0 saturated heterocycles. The minimum atomic E-state index is -2.52. The number of methoxy groups -OCH3 is 1. The van der Waals surface area contributed by atoms with Crippen LogP contribution in [-0.4, -0.2) is 43.9 Å². The van der Waals surface area contributed by atoms with Crippen LogP contribution in [0.5, 0.6) is 0 Å². The third-order valence-electron chi connectivity index (χ3n) is 3.21. The molecule has 0 aromatic heterocycles. The van der Waals surface area contributed by atoms with Crippen molar-refractivity contribution in [2.24, 2.45) is 5.92 Å². The SMILES string of the molecule is COCCNCC(O)CC1CCCC(F)(F)C1. The van der Waals surface area contributed by atoms with E-state index in [1.54, 1.807) is 7.11 Å². The van der Waals surface area contributed by atoms with E-state index in [1.165, 1.54) is 0 Å². The molecule has 5 heteroatoms. The summed E-state index contributed by atoms with van der Waals surface area (Å²) in [6.07, 6.45) is 1.25. The molecule has 3 nitrogen and oxygen atoms in total. The molecule has 0 aromatic rings. The van der Waals surface area contributed by atoms with Crippen LogP contribution in [0, 0.1) is 5.92 Å². The van der Waals surface area contributed by atoms with E-state index >= 15 is 0 Å². The lowest BCUT2D eigenvalue weighted by atomic mass is 9.83. The molecule has 1 aliphatic rings. The van der Waals surface area contributed by atoms with E-state index in [4.69, 9.17) is 4.74 Å². The van der Waals surface area contributed by atoms with Crippen LogP contribution in [0.2, 0.25) is 0 Å². The van der Waals surface area contributed by atoms with Gasteiger partial charge < -0.3 is 15.2 Å². The summed E-state index contributed by atoms with van der Waals surface area (Å²) in [4.78, 5) is 0. The smallest absolute Gasteiger partial charge is 0.248 e. The van der Waals surface area contributed by atoms with E-state index in [-0.39, 0.29) is 18.8 Å². The Labute approximate surface area is 102 Å². The Hall–Kier alpha value is -0.260. The van der Waals surface area contributed by atoms with Gasteiger partial charge in [-0.15, -0.1) is 0 Å². The molecule has 1 rings (SSSR count). The molecule has 0 spiro atoms. The summed E-state index contributed by atoms with van der Waals surface area (Å²) in [5, 5.41) is 12.8. The Morgan fingerprint density at radius 1 is 1.53 bits per heavy atom. The minimum absolute atomic E-state index is 0.00564. The van der Waals surface area contributed by atoms with Gasteiger partial charge in [-0.25, -0.2) is 8.78 Å². The summed E-state index contributed by atoms with van der Waals surface area (Å²) < 4.78 is 31.1. The molecule has 0 amide bonds. The Balaban J connectivity index is 2.15. The van der Waals surface area contributed by atoms with E-state index in [2.05, 4.69) is 5.32 Å². The van der Waals surface area contributed by atoms with E-state index < -0.39 is 12.0 Å². The molecule has 2 N–H and O–H groups in total. The monoisotopic (exact) mass is 251 g/mol. The van der Waals surface area contributed by atoms with Gasteiger partial charge in [-0.1, -0.05) is 0 Å². The molecule has 1 fully saturated rings. The van der Waals surface area contributed by atoms with Crippen LogP contribution in [0.25, 0.3) is 0 Å².